The number of carbonyl (C=O) groups excluding carboxylic acids is 1. The number of nitrogens with zero attached hydrogens (tertiary/aromatic N) is 3. The Balaban J connectivity index is 1.88. The van der Waals surface area contributed by atoms with E-state index >= 15 is 0 Å². The predicted octanol–water partition coefficient (Wildman–Crippen LogP) is 1.22. The first-order chi connectivity index (χ1) is 9.18. The van der Waals surface area contributed by atoms with Crippen molar-refractivity contribution in [2.75, 3.05) is 6.54 Å². The summed E-state index contributed by atoms with van der Waals surface area (Å²) in [6.45, 7) is 4.33. The molecular formula is C13H17N5O. The molecule has 0 spiro atoms. The molecule has 0 bridgehead atoms. The van der Waals surface area contributed by atoms with E-state index in [9.17, 15) is 4.79 Å². The van der Waals surface area contributed by atoms with Gasteiger partial charge in [0.25, 0.3) is 0 Å². The molecule has 0 unspecified atom stereocenters. The Bertz CT molecular complexity index is 511. The molecule has 2 aromatic rings. The van der Waals surface area contributed by atoms with Crippen molar-refractivity contribution in [3.63, 3.8) is 0 Å². The first kappa shape index (κ1) is 13.2. The molecule has 1 aromatic carbocycles. The van der Waals surface area contributed by atoms with Gasteiger partial charge in [-0.15, -0.1) is 10.2 Å². The summed E-state index contributed by atoms with van der Waals surface area (Å²) in [6, 6.07) is 9.70. The lowest BCUT2D eigenvalue weighted by Gasteiger charge is -2.14. The van der Waals surface area contributed by atoms with Crippen molar-refractivity contribution in [2.24, 2.45) is 0 Å². The molecule has 6 nitrogen and oxygen atoms in total. The van der Waals surface area contributed by atoms with Gasteiger partial charge in [0.15, 0.2) is 5.82 Å². The van der Waals surface area contributed by atoms with Gasteiger partial charge in [0.05, 0.1) is 5.92 Å². The minimum absolute atomic E-state index is 0.00143. The molecule has 1 aromatic heterocycles. The third-order valence-electron chi connectivity index (χ3n) is 3.08. The maximum atomic E-state index is 12.0. The summed E-state index contributed by atoms with van der Waals surface area (Å²) >= 11 is 0. The number of aromatic amines is 1. The molecule has 0 saturated heterocycles. The summed E-state index contributed by atoms with van der Waals surface area (Å²) in [5.41, 5.74) is 1.01. The molecule has 2 rings (SSSR count). The molecule has 0 aliphatic heterocycles. The predicted molar refractivity (Wildman–Crippen MR) is 70.5 cm³/mol. The standard InChI is InChI=1S/C13H17N5O/c1-9(12-15-17-18-16-12)8-14-13(19)10(2)11-6-4-3-5-7-11/h3-7,9-10H,8H2,1-2H3,(H,14,19)(H,15,16,17,18)/t9-,10-/m0/s1. The molecule has 100 valence electrons. The molecule has 1 heterocycles. The van der Waals surface area contributed by atoms with Crippen molar-refractivity contribution in [1.29, 1.82) is 0 Å². The molecule has 0 aliphatic carbocycles. The van der Waals surface area contributed by atoms with E-state index in [1.165, 1.54) is 0 Å². The lowest BCUT2D eigenvalue weighted by atomic mass is 10.0. The van der Waals surface area contributed by atoms with Crippen LogP contribution in [0, 0.1) is 0 Å². The van der Waals surface area contributed by atoms with Crippen molar-refractivity contribution in [3.8, 4) is 0 Å². The van der Waals surface area contributed by atoms with Crippen molar-refractivity contribution in [1.82, 2.24) is 25.9 Å². The van der Waals surface area contributed by atoms with Crippen LogP contribution >= 0.6 is 0 Å². The van der Waals surface area contributed by atoms with E-state index in [2.05, 4.69) is 25.9 Å². The molecule has 1 amide bonds. The first-order valence-electron chi connectivity index (χ1n) is 6.24. The van der Waals surface area contributed by atoms with Gasteiger partial charge in [-0.25, -0.2) is 0 Å². The van der Waals surface area contributed by atoms with Crippen LogP contribution in [-0.4, -0.2) is 33.1 Å². The van der Waals surface area contributed by atoms with Gasteiger partial charge in [0.2, 0.25) is 5.91 Å². The van der Waals surface area contributed by atoms with Crippen LogP contribution in [0.3, 0.4) is 0 Å². The number of benzene rings is 1. The van der Waals surface area contributed by atoms with Crippen LogP contribution in [0.25, 0.3) is 0 Å². The summed E-state index contributed by atoms with van der Waals surface area (Å²) in [7, 11) is 0. The van der Waals surface area contributed by atoms with E-state index in [1.807, 2.05) is 44.2 Å². The average Bonchev–Trinajstić information content (AvgIpc) is 2.98. The van der Waals surface area contributed by atoms with Gasteiger partial charge < -0.3 is 5.32 Å². The fourth-order valence-electron chi connectivity index (χ4n) is 1.77. The Morgan fingerprint density at radius 3 is 2.68 bits per heavy atom. The van der Waals surface area contributed by atoms with Crippen molar-refractivity contribution in [2.45, 2.75) is 25.7 Å². The lowest BCUT2D eigenvalue weighted by Crippen LogP contribution is -2.31. The largest absolute Gasteiger partial charge is 0.355 e. The van der Waals surface area contributed by atoms with E-state index in [0.717, 1.165) is 5.56 Å². The number of nitrogens with one attached hydrogen (secondary N) is 2. The number of hydrogen-bond donors (Lipinski definition) is 2. The van der Waals surface area contributed by atoms with Crippen molar-refractivity contribution in [3.05, 3.63) is 41.7 Å². The summed E-state index contributed by atoms with van der Waals surface area (Å²) < 4.78 is 0. The highest BCUT2D eigenvalue weighted by Crippen LogP contribution is 2.15. The maximum absolute atomic E-state index is 12.0. The molecule has 0 radical (unpaired) electrons. The van der Waals surface area contributed by atoms with E-state index in [-0.39, 0.29) is 17.7 Å². The highest BCUT2D eigenvalue weighted by Gasteiger charge is 2.17. The lowest BCUT2D eigenvalue weighted by molar-refractivity contribution is -0.122. The van der Waals surface area contributed by atoms with Gasteiger partial charge in [-0.05, 0) is 12.5 Å². The van der Waals surface area contributed by atoms with E-state index < -0.39 is 0 Å². The van der Waals surface area contributed by atoms with Crippen LogP contribution in [0.15, 0.2) is 30.3 Å². The number of hydrogen-bond acceptors (Lipinski definition) is 4. The van der Waals surface area contributed by atoms with Crippen molar-refractivity contribution < 1.29 is 4.79 Å². The van der Waals surface area contributed by atoms with Crippen LogP contribution in [-0.2, 0) is 4.79 Å². The molecule has 0 fully saturated rings. The maximum Gasteiger partial charge on any atom is 0.227 e. The number of H-pyrrole nitrogens is 1. The zero-order chi connectivity index (χ0) is 13.7. The highest BCUT2D eigenvalue weighted by atomic mass is 16.1. The minimum Gasteiger partial charge on any atom is -0.355 e. The average molecular weight is 259 g/mol. The summed E-state index contributed by atoms with van der Waals surface area (Å²) in [5.74, 6) is 0.471. The Morgan fingerprint density at radius 1 is 1.32 bits per heavy atom. The fraction of sp³-hybridized carbons (Fsp3) is 0.385. The SMILES string of the molecule is C[C@H](C(=O)NC[C@H](C)c1nn[nH]n1)c1ccccc1. The summed E-state index contributed by atoms with van der Waals surface area (Å²) in [4.78, 5) is 12.0. The highest BCUT2D eigenvalue weighted by molar-refractivity contribution is 5.83. The monoisotopic (exact) mass is 259 g/mol. The second-order valence-corrected chi connectivity index (χ2v) is 4.55. The fourth-order valence-corrected chi connectivity index (χ4v) is 1.77. The van der Waals surface area contributed by atoms with Gasteiger partial charge in [-0.2, -0.15) is 5.21 Å². The van der Waals surface area contributed by atoms with Gasteiger partial charge in [0, 0.05) is 12.5 Å². The first-order valence-corrected chi connectivity index (χ1v) is 6.24. The summed E-state index contributed by atoms with van der Waals surface area (Å²) in [6.07, 6.45) is 0. The van der Waals surface area contributed by atoms with E-state index in [4.69, 9.17) is 0 Å². The summed E-state index contributed by atoms with van der Waals surface area (Å²) in [5, 5.41) is 16.6. The van der Waals surface area contributed by atoms with Crippen molar-refractivity contribution >= 4 is 5.91 Å². The second-order valence-electron chi connectivity index (χ2n) is 4.55. The third kappa shape index (κ3) is 3.37. The number of carbonyl (C=O) groups is 1. The van der Waals surface area contributed by atoms with Gasteiger partial charge in [0.1, 0.15) is 0 Å². The molecule has 19 heavy (non-hydrogen) atoms. The second kappa shape index (κ2) is 6.08. The topological polar surface area (TPSA) is 83.6 Å². The van der Waals surface area contributed by atoms with Crippen LogP contribution in [0.5, 0.6) is 0 Å². The van der Waals surface area contributed by atoms with E-state index in [1.54, 1.807) is 0 Å². The van der Waals surface area contributed by atoms with Gasteiger partial charge in [-0.3, -0.25) is 4.79 Å². The molecule has 0 saturated carbocycles. The van der Waals surface area contributed by atoms with Crippen LogP contribution in [0.4, 0.5) is 0 Å². The zero-order valence-electron chi connectivity index (χ0n) is 11.0. The third-order valence-corrected chi connectivity index (χ3v) is 3.08. The van der Waals surface area contributed by atoms with Crippen LogP contribution < -0.4 is 5.32 Å². The molecule has 0 aliphatic rings. The number of tetrazole rings is 1. The molecular weight excluding hydrogens is 242 g/mol. The minimum atomic E-state index is -0.168. The Hall–Kier alpha value is -2.24. The van der Waals surface area contributed by atoms with E-state index in [0.29, 0.717) is 12.4 Å². The number of aromatic nitrogens is 4. The quantitative estimate of drug-likeness (QED) is 0.845. The molecule has 6 heteroatoms. The number of amides is 1. The normalized spacial score (nSPS) is 13.8. The Kier molecular flexibility index (Phi) is 4.22. The van der Waals surface area contributed by atoms with Crippen LogP contribution in [0.1, 0.15) is 37.1 Å². The van der Waals surface area contributed by atoms with Gasteiger partial charge >= 0.3 is 0 Å². The number of rotatable bonds is 5. The Morgan fingerprint density at radius 2 is 2.05 bits per heavy atom. The van der Waals surface area contributed by atoms with Crippen LogP contribution in [0.2, 0.25) is 0 Å². The molecule has 2 N–H and O–H groups in total. The zero-order valence-corrected chi connectivity index (χ0v) is 11.0. The smallest absolute Gasteiger partial charge is 0.227 e. The Labute approximate surface area is 111 Å². The molecule has 2 atom stereocenters. The van der Waals surface area contributed by atoms with Gasteiger partial charge in [-0.1, -0.05) is 42.5 Å².